The molecule has 2 aliphatic carbocycles. The molecule has 2 aliphatic rings. The molecular weight excluding hydrogens is 244 g/mol. The summed E-state index contributed by atoms with van der Waals surface area (Å²) < 4.78 is 0. The minimum atomic E-state index is -0.368. The second kappa shape index (κ2) is 4.54. The molecule has 0 spiro atoms. The maximum Gasteiger partial charge on any atom is 0.0835 e. The molecule has 0 saturated heterocycles. The van der Waals surface area contributed by atoms with Crippen molar-refractivity contribution in [2.24, 2.45) is 17.8 Å². The summed E-state index contributed by atoms with van der Waals surface area (Å²) >= 11 is 6.32. The van der Waals surface area contributed by atoms with Crippen LogP contribution in [0.5, 0.6) is 0 Å². The Morgan fingerprint density at radius 1 is 1.17 bits per heavy atom. The van der Waals surface area contributed by atoms with E-state index in [1.807, 2.05) is 6.07 Å². The van der Waals surface area contributed by atoms with Gasteiger partial charge in [-0.3, -0.25) is 0 Å². The quantitative estimate of drug-likeness (QED) is 0.838. The van der Waals surface area contributed by atoms with Crippen LogP contribution in [0.15, 0.2) is 12.1 Å². The third-order valence-electron chi connectivity index (χ3n) is 5.13. The first-order chi connectivity index (χ1) is 8.56. The molecule has 18 heavy (non-hydrogen) atoms. The maximum absolute atomic E-state index is 10.7. The van der Waals surface area contributed by atoms with E-state index < -0.39 is 0 Å². The van der Waals surface area contributed by atoms with Crippen molar-refractivity contribution in [3.05, 3.63) is 33.8 Å². The van der Waals surface area contributed by atoms with Gasteiger partial charge in [0, 0.05) is 5.02 Å². The van der Waals surface area contributed by atoms with Crippen LogP contribution in [-0.2, 0) is 0 Å². The molecule has 0 amide bonds. The van der Waals surface area contributed by atoms with Crippen molar-refractivity contribution in [3.63, 3.8) is 0 Å². The first kappa shape index (κ1) is 12.5. The summed E-state index contributed by atoms with van der Waals surface area (Å²) in [7, 11) is 0. The topological polar surface area (TPSA) is 20.2 Å². The third-order valence-corrected chi connectivity index (χ3v) is 5.46. The van der Waals surface area contributed by atoms with Gasteiger partial charge in [0.05, 0.1) is 6.10 Å². The molecule has 4 atom stereocenters. The maximum atomic E-state index is 10.7. The van der Waals surface area contributed by atoms with Gasteiger partial charge in [0.1, 0.15) is 0 Å². The fourth-order valence-electron chi connectivity index (χ4n) is 3.94. The molecule has 1 N–H and O–H groups in total. The van der Waals surface area contributed by atoms with Gasteiger partial charge in [0.15, 0.2) is 0 Å². The highest BCUT2D eigenvalue weighted by Crippen LogP contribution is 2.53. The van der Waals surface area contributed by atoms with Crippen LogP contribution in [0.2, 0.25) is 5.02 Å². The van der Waals surface area contributed by atoms with E-state index in [1.54, 1.807) is 0 Å². The Morgan fingerprint density at radius 2 is 1.89 bits per heavy atom. The van der Waals surface area contributed by atoms with Crippen molar-refractivity contribution in [2.75, 3.05) is 0 Å². The Hall–Kier alpha value is -0.530. The SMILES string of the molecule is Cc1cc(Cl)c(C(O)C2CC3CCC2C3)cc1C. The van der Waals surface area contributed by atoms with Crippen molar-refractivity contribution in [1.82, 2.24) is 0 Å². The zero-order valence-electron chi connectivity index (χ0n) is 11.1. The molecule has 0 heterocycles. The fraction of sp³-hybridized carbons (Fsp3) is 0.625. The first-order valence-electron chi connectivity index (χ1n) is 7.01. The number of aliphatic hydroxyl groups is 1. The number of hydrogen-bond acceptors (Lipinski definition) is 1. The second-order valence-electron chi connectivity index (χ2n) is 6.24. The monoisotopic (exact) mass is 264 g/mol. The molecule has 0 aliphatic heterocycles. The van der Waals surface area contributed by atoms with Gasteiger partial charge in [0.25, 0.3) is 0 Å². The van der Waals surface area contributed by atoms with Crippen molar-refractivity contribution in [2.45, 2.75) is 45.6 Å². The number of halogens is 1. The molecule has 0 radical (unpaired) electrons. The lowest BCUT2D eigenvalue weighted by Gasteiger charge is -2.28. The van der Waals surface area contributed by atoms with Gasteiger partial charge >= 0.3 is 0 Å². The van der Waals surface area contributed by atoms with E-state index in [2.05, 4.69) is 19.9 Å². The van der Waals surface area contributed by atoms with Gasteiger partial charge in [-0.1, -0.05) is 24.1 Å². The highest BCUT2D eigenvalue weighted by molar-refractivity contribution is 6.31. The highest BCUT2D eigenvalue weighted by Gasteiger charge is 2.43. The van der Waals surface area contributed by atoms with E-state index in [0.29, 0.717) is 5.92 Å². The summed E-state index contributed by atoms with van der Waals surface area (Å²) in [6.07, 6.45) is 4.81. The summed E-state index contributed by atoms with van der Waals surface area (Å²) in [4.78, 5) is 0. The lowest BCUT2D eigenvalue weighted by atomic mass is 9.81. The van der Waals surface area contributed by atoms with Gasteiger partial charge in [-0.15, -0.1) is 0 Å². The Labute approximate surface area is 114 Å². The van der Waals surface area contributed by atoms with Gasteiger partial charge in [-0.05, 0) is 73.6 Å². The number of aliphatic hydroxyl groups excluding tert-OH is 1. The van der Waals surface area contributed by atoms with Crippen LogP contribution in [0.3, 0.4) is 0 Å². The number of benzene rings is 1. The van der Waals surface area contributed by atoms with Crippen LogP contribution in [0.4, 0.5) is 0 Å². The summed E-state index contributed by atoms with van der Waals surface area (Å²) in [5.74, 6) is 2.02. The first-order valence-corrected chi connectivity index (χ1v) is 7.38. The summed E-state index contributed by atoms with van der Waals surface area (Å²) in [5.41, 5.74) is 3.36. The molecule has 4 unspecified atom stereocenters. The average molecular weight is 265 g/mol. The van der Waals surface area contributed by atoms with Gasteiger partial charge in [-0.2, -0.15) is 0 Å². The van der Waals surface area contributed by atoms with E-state index in [9.17, 15) is 5.11 Å². The van der Waals surface area contributed by atoms with Crippen LogP contribution in [0.1, 0.15) is 48.5 Å². The molecule has 1 aromatic rings. The molecule has 0 aromatic heterocycles. The summed E-state index contributed by atoms with van der Waals surface area (Å²) in [6, 6.07) is 4.07. The predicted molar refractivity (Wildman–Crippen MR) is 74.8 cm³/mol. The summed E-state index contributed by atoms with van der Waals surface area (Å²) in [5, 5.41) is 11.4. The average Bonchev–Trinajstić information content (AvgIpc) is 2.95. The smallest absolute Gasteiger partial charge is 0.0835 e. The Bertz CT molecular complexity index is 468. The lowest BCUT2D eigenvalue weighted by Crippen LogP contribution is -2.19. The Balaban J connectivity index is 1.88. The molecule has 2 bridgehead atoms. The number of rotatable bonds is 2. The zero-order chi connectivity index (χ0) is 12.9. The second-order valence-corrected chi connectivity index (χ2v) is 6.65. The molecule has 2 saturated carbocycles. The minimum absolute atomic E-state index is 0.368. The van der Waals surface area contributed by atoms with Gasteiger partial charge < -0.3 is 5.11 Å². The molecule has 3 rings (SSSR count). The van der Waals surface area contributed by atoms with Crippen LogP contribution >= 0.6 is 11.6 Å². The number of hydrogen-bond donors (Lipinski definition) is 1. The molecule has 1 nitrogen and oxygen atoms in total. The molecule has 2 fully saturated rings. The number of fused-ring (bicyclic) bond motifs is 2. The van der Waals surface area contributed by atoms with Crippen molar-refractivity contribution in [1.29, 1.82) is 0 Å². The molecule has 98 valence electrons. The van der Waals surface area contributed by atoms with E-state index in [-0.39, 0.29) is 6.10 Å². The van der Waals surface area contributed by atoms with Gasteiger partial charge in [-0.25, -0.2) is 0 Å². The van der Waals surface area contributed by atoms with Crippen LogP contribution in [0.25, 0.3) is 0 Å². The van der Waals surface area contributed by atoms with Crippen molar-refractivity contribution < 1.29 is 5.11 Å². The van der Waals surface area contributed by atoms with Crippen LogP contribution < -0.4 is 0 Å². The van der Waals surface area contributed by atoms with Gasteiger partial charge in [0.2, 0.25) is 0 Å². The van der Waals surface area contributed by atoms with E-state index >= 15 is 0 Å². The normalized spacial score (nSPS) is 31.9. The van der Waals surface area contributed by atoms with Crippen molar-refractivity contribution in [3.8, 4) is 0 Å². The standard InChI is InChI=1S/C16H21ClO/c1-9-5-14(15(17)6-10(9)2)16(18)13-8-11-3-4-12(13)7-11/h5-6,11-13,16,18H,3-4,7-8H2,1-2H3. The Morgan fingerprint density at radius 3 is 2.50 bits per heavy atom. The fourth-order valence-corrected chi connectivity index (χ4v) is 4.27. The lowest BCUT2D eigenvalue weighted by molar-refractivity contribution is 0.0745. The zero-order valence-corrected chi connectivity index (χ0v) is 11.9. The van der Waals surface area contributed by atoms with E-state index in [1.165, 1.54) is 36.8 Å². The molecule has 2 heteroatoms. The molecule has 1 aromatic carbocycles. The van der Waals surface area contributed by atoms with Crippen molar-refractivity contribution >= 4 is 11.6 Å². The number of aryl methyl sites for hydroxylation is 2. The Kier molecular flexibility index (Phi) is 3.15. The largest absolute Gasteiger partial charge is 0.388 e. The highest BCUT2D eigenvalue weighted by atomic mass is 35.5. The minimum Gasteiger partial charge on any atom is -0.388 e. The molecular formula is C16H21ClO. The summed E-state index contributed by atoms with van der Waals surface area (Å²) in [6.45, 7) is 4.15. The predicted octanol–water partition coefficient (Wildman–Crippen LogP) is 4.43. The van der Waals surface area contributed by atoms with Crippen LogP contribution in [0, 0.1) is 31.6 Å². The third kappa shape index (κ3) is 1.98. The van der Waals surface area contributed by atoms with Crippen LogP contribution in [-0.4, -0.2) is 5.11 Å². The van der Waals surface area contributed by atoms with E-state index in [0.717, 1.165) is 22.4 Å². The van der Waals surface area contributed by atoms with E-state index in [4.69, 9.17) is 11.6 Å².